The highest BCUT2D eigenvalue weighted by molar-refractivity contribution is 9.08. The minimum absolute atomic E-state index is 0.0998. The molecule has 1 aromatic carbocycles. The average Bonchev–Trinajstić information content (AvgIpc) is 2.16. The van der Waals surface area contributed by atoms with Gasteiger partial charge in [-0.05, 0) is 17.7 Å². The van der Waals surface area contributed by atoms with Gasteiger partial charge in [0.1, 0.15) is 6.07 Å². The zero-order chi connectivity index (χ0) is 10.7. The molecule has 3 nitrogen and oxygen atoms in total. The molecule has 5 heteroatoms. The summed E-state index contributed by atoms with van der Waals surface area (Å²) in [7, 11) is 0. The molecule has 1 N–H and O–H groups in total. The van der Waals surface area contributed by atoms with Gasteiger partial charge in [-0.25, -0.2) is 4.79 Å². The molecular formula is C9H5BrClNO2. The van der Waals surface area contributed by atoms with Crippen molar-refractivity contribution in [2.45, 2.75) is 5.33 Å². The summed E-state index contributed by atoms with van der Waals surface area (Å²) in [6.45, 7) is 0. The van der Waals surface area contributed by atoms with Crippen molar-refractivity contribution in [3.8, 4) is 6.07 Å². The van der Waals surface area contributed by atoms with Crippen LogP contribution in [0.3, 0.4) is 0 Å². The summed E-state index contributed by atoms with van der Waals surface area (Å²) >= 11 is 8.88. The smallest absolute Gasteiger partial charge is 0.336 e. The van der Waals surface area contributed by atoms with Crippen LogP contribution >= 0.6 is 27.5 Å². The third-order valence-corrected chi connectivity index (χ3v) is 2.61. The minimum Gasteiger partial charge on any atom is -0.478 e. The standard InChI is InChI=1S/C9H5BrClNO2/c10-3-6-5(9(13)14)1-2-8(11)7(6)4-12/h1-2H,3H2,(H,13,14). The SMILES string of the molecule is N#Cc1c(Cl)ccc(C(=O)O)c1CBr. The molecule has 0 aliphatic carbocycles. The number of hydrogen-bond acceptors (Lipinski definition) is 2. The number of benzene rings is 1. The number of rotatable bonds is 2. The van der Waals surface area contributed by atoms with Crippen molar-refractivity contribution < 1.29 is 9.90 Å². The van der Waals surface area contributed by atoms with Crippen LogP contribution < -0.4 is 0 Å². The first-order chi connectivity index (χ1) is 6.61. The van der Waals surface area contributed by atoms with Crippen molar-refractivity contribution in [2.24, 2.45) is 0 Å². The zero-order valence-corrected chi connectivity index (χ0v) is 9.26. The highest BCUT2D eigenvalue weighted by Crippen LogP contribution is 2.24. The number of nitriles is 1. The van der Waals surface area contributed by atoms with E-state index in [1.807, 2.05) is 6.07 Å². The molecule has 0 bridgehead atoms. The lowest BCUT2D eigenvalue weighted by Crippen LogP contribution is -2.03. The molecule has 72 valence electrons. The van der Waals surface area contributed by atoms with Crippen molar-refractivity contribution >= 4 is 33.5 Å². The lowest BCUT2D eigenvalue weighted by molar-refractivity contribution is 0.0696. The van der Waals surface area contributed by atoms with Crippen molar-refractivity contribution in [3.05, 3.63) is 33.8 Å². The Labute approximate surface area is 94.0 Å². The van der Waals surface area contributed by atoms with E-state index in [2.05, 4.69) is 15.9 Å². The average molecular weight is 275 g/mol. The number of carboxylic acids is 1. The molecule has 0 fully saturated rings. The van der Waals surface area contributed by atoms with E-state index in [1.165, 1.54) is 12.1 Å². The monoisotopic (exact) mass is 273 g/mol. The lowest BCUT2D eigenvalue weighted by atomic mass is 10.0. The molecule has 0 spiro atoms. The molecule has 0 heterocycles. The lowest BCUT2D eigenvalue weighted by Gasteiger charge is -2.05. The van der Waals surface area contributed by atoms with Gasteiger partial charge in [0, 0.05) is 5.33 Å². The first-order valence-corrected chi connectivity index (χ1v) is 5.12. The Balaban J connectivity index is 3.50. The summed E-state index contributed by atoms with van der Waals surface area (Å²) < 4.78 is 0. The van der Waals surface area contributed by atoms with Gasteiger partial charge in [0.15, 0.2) is 0 Å². The van der Waals surface area contributed by atoms with Crippen LogP contribution in [0.5, 0.6) is 0 Å². The molecule has 0 aliphatic rings. The first-order valence-electron chi connectivity index (χ1n) is 3.62. The Bertz CT molecular complexity index is 426. The number of carbonyl (C=O) groups is 1. The largest absolute Gasteiger partial charge is 0.478 e. The summed E-state index contributed by atoms with van der Waals surface area (Å²) in [6, 6.07) is 4.69. The number of hydrogen-bond donors (Lipinski definition) is 1. The number of nitrogens with zero attached hydrogens (tertiary/aromatic N) is 1. The molecule has 0 amide bonds. The van der Waals surface area contributed by atoms with E-state index in [1.54, 1.807) is 0 Å². The fraction of sp³-hybridized carbons (Fsp3) is 0.111. The molecule has 0 unspecified atom stereocenters. The van der Waals surface area contributed by atoms with Crippen molar-refractivity contribution in [1.82, 2.24) is 0 Å². The van der Waals surface area contributed by atoms with Crippen LogP contribution in [0.1, 0.15) is 21.5 Å². The van der Waals surface area contributed by atoms with Gasteiger partial charge in [-0.15, -0.1) is 0 Å². The second kappa shape index (κ2) is 4.45. The van der Waals surface area contributed by atoms with Crippen LogP contribution in [0.15, 0.2) is 12.1 Å². The highest BCUT2D eigenvalue weighted by Gasteiger charge is 2.15. The van der Waals surface area contributed by atoms with E-state index in [4.69, 9.17) is 22.0 Å². The molecule has 0 aliphatic heterocycles. The van der Waals surface area contributed by atoms with Crippen LogP contribution in [-0.4, -0.2) is 11.1 Å². The van der Waals surface area contributed by atoms with Gasteiger partial charge in [-0.2, -0.15) is 5.26 Å². The maximum atomic E-state index is 10.8. The molecular weight excluding hydrogens is 269 g/mol. The van der Waals surface area contributed by atoms with Crippen molar-refractivity contribution in [1.29, 1.82) is 5.26 Å². The van der Waals surface area contributed by atoms with Gasteiger partial charge in [-0.3, -0.25) is 0 Å². The molecule has 0 saturated heterocycles. The number of aromatic carboxylic acids is 1. The highest BCUT2D eigenvalue weighted by atomic mass is 79.9. The maximum Gasteiger partial charge on any atom is 0.336 e. The third kappa shape index (κ3) is 1.89. The second-order valence-corrected chi connectivity index (χ2v) is 3.47. The predicted octanol–water partition coefficient (Wildman–Crippen LogP) is 2.80. The van der Waals surface area contributed by atoms with Gasteiger partial charge in [0.2, 0.25) is 0 Å². The Hall–Kier alpha value is -1.05. The predicted molar refractivity (Wildman–Crippen MR) is 55.8 cm³/mol. The Kier molecular flexibility index (Phi) is 3.50. The van der Waals surface area contributed by atoms with Crippen LogP contribution in [0.4, 0.5) is 0 Å². The first kappa shape index (κ1) is 11.0. The molecule has 0 saturated carbocycles. The molecule has 1 rings (SSSR count). The summed E-state index contributed by atoms with van der Waals surface area (Å²) in [5.41, 5.74) is 0.721. The normalized spacial score (nSPS) is 9.50. The summed E-state index contributed by atoms with van der Waals surface area (Å²) in [4.78, 5) is 10.8. The van der Waals surface area contributed by atoms with E-state index in [0.717, 1.165) is 0 Å². The molecule has 0 aromatic heterocycles. The second-order valence-electron chi connectivity index (χ2n) is 2.50. The number of carboxylic acid groups (broad SMARTS) is 1. The third-order valence-electron chi connectivity index (χ3n) is 1.74. The van der Waals surface area contributed by atoms with E-state index < -0.39 is 5.97 Å². The maximum absolute atomic E-state index is 10.8. The topological polar surface area (TPSA) is 61.1 Å². The number of alkyl halides is 1. The Morgan fingerprint density at radius 1 is 1.64 bits per heavy atom. The van der Waals surface area contributed by atoms with E-state index in [9.17, 15) is 4.79 Å². The van der Waals surface area contributed by atoms with Crippen molar-refractivity contribution in [3.63, 3.8) is 0 Å². The van der Waals surface area contributed by atoms with Crippen LogP contribution in [0, 0.1) is 11.3 Å². The van der Waals surface area contributed by atoms with E-state index >= 15 is 0 Å². The summed E-state index contributed by atoms with van der Waals surface area (Å²) in [6.07, 6.45) is 0. The zero-order valence-electron chi connectivity index (χ0n) is 6.92. The molecule has 1 aromatic rings. The number of halogens is 2. The minimum atomic E-state index is -1.06. The van der Waals surface area contributed by atoms with Gasteiger partial charge in [-0.1, -0.05) is 27.5 Å². The van der Waals surface area contributed by atoms with Gasteiger partial charge < -0.3 is 5.11 Å². The van der Waals surface area contributed by atoms with E-state index in [0.29, 0.717) is 5.56 Å². The van der Waals surface area contributed by atoms with Crippen LogP contribution in [0.2, 0.25) is 5.02 Å². The molecule has 0 radical (unpaired) electrons. The quantitative estimate of drug-likeness (QED) is 0.844. The van der Waals surface area contributed by atoms with Gasteiger partial charge >= 0.3 is 5.97 Å². The van der Waals surface area contributed by atoms with Crippen molar-refractivity contribution in [2.75, 3.05) is 0 Å². The van der Waals surface area contributed by atoms with Gasteiger partial charge in [0.25, 0.3) is 0 Å². The molecule has 14 heavy (non-hydrogen) atoms. The Morgan fingerprint density at radius 3 is 2.71 bits per heavy atom. The van der Waals surface area contributed by atoms with Crippen LogP contribution in [0.25, 0.3) is 0 Å². The fourth-order valence-corrected chi connectivity index (χ4v) is 1.88. The van der Waals surface area contributed by atoms with E-state index in [-0.39, 0.29) is 21.5 Å². The summed E-state index contributed by atoms with van der Waals surface area (Å²) in [5, 5.41) is 18.2. The van der Waals surface area contributed by atoms with Crippen LogP contribution in [-0.2, 0) is 5.33 Å². The Morgan fingerprint density at radius 2 is 2.29 bits per heavy atom. The summed E-state index contributed by atoms with van der Waals surface area (Å²) in [5.74, 6) is -1.06. The fourth-order valence-electron chi connectivity index (χ4n) is 1.08. The van der Waals surface area contributed by atoms with Gasteiger partial charge in [0.05, 0.1) is 16.1 Å². The molecule has 0 atom stereocenters.